The summed E-state index contributed by atoms with van der Waals surface area (Å²) >= 11 is 0. The summed E-state index contributed by atoms with van der Waals surface area (Å²) in [5.74, 6) is 0.919. The minimum Gasteiger partial charge on any atom is -0.317 e. The second-order valence-corrected chi connectivity index (χ2v) is 5.82. The van der Waals surface area contributed by atoms with Crippen LogP contribution < -0.4 is 5.32 Å². The molecule has 0 amide bonds. The first kappa shape index (κ1) is 11.4. The minimum atomic E-state index is 0.468. The smallest absolute Gasteiger partial charge is 0.0156 e. The molecule has 2 nitrogen and oxygen atoms in total. The fourth-order valence-corrected chi connectivity index (χ4v) is 3.27. The number of nitrogens with one attached hydrogen (secondary N) is 1. The fourth-order valence-electron chi connectivity index (χ4n) is 3.27. The highest BCUT2D eigenvalue weighted by atomic mass is 15.2. The molecule has 2 aliphatic rings. The predicted molar refractivity (Wildman–Crippen MR) is 65.1 cm³/mol. The van der Waals surface area contributed by atoms with Crippen LogP contribution in [0.5, 0.6) is 0 Å². The summed E-state index contributed by atoms with van der Waals surface area (Å²) < 4.78 is 0. The highest BCUT2D eigenvalue weighted by Gasteiger charge is 2.43. The van der Waals surface area contributed by atoms with Crippen LogP contribution in [0.2, 0.25) is 0 Å². The van der Waals surface area contributed by atoms with Crippen LogP contribution in [0.15, 0.2) is 0 Å². The molecule has 15 heavy (non-hydrogen) atoms. The van der Waals surface area contributed by atoms with Crippen molar-refractivity contribution in [1.29, 1.82) is 0 Å². The van der Waals surface area contributed by atoms with Gasteiger partial charge in [-0.05, 0) is 65.1 Å². The summed E-state index contributed by atoms with van der Waals surface area (Å²) in [6, 6.07) is 0.876. The molecule has 0 radical (unpaired) electrons. The third-order valence-corrected chi connectivity index (χ3v) is 4.40. The van der Waals surface area contributed by atoms with Crippen LogP contribution >= 0.6 is 0 Å². The molecule has 2 unspecified atom stereocenters. The molecule has 2 rings (SSSR count). The molecule has 2 fully saturated rings. The Balaban J connectivity index is 1.88. The van der Waals surface area contributed by atoms with Crippen molar-refractivity contribution in [2.24, 2.45) is 5.92 Å². The van der Waals surface area contributed by atoms with Crippen LogP contribution in [0.25, 0.3) is 0 Å². The maximum atomic E-state index is 3.50. The molecule has 1 aliphatic carbocycles. The Kier molecular flexibility index (Phi) is 3.36. The molecule has 2 heteroatoms. The van der Waals surface area contributed by atoms with E-state index in [1.807, 2.05) is 0 Å². The average molecular weight is 210 g/mol. The summed E-state index contributed by atoms with van der Waals surface area (Å²) in [5.41, 5.74) is 0.468. The Labute approximate surface area is 94.4 Å². The normalized spacial score (nSPS) is 35.4. The van der Waals surface area contributed by atoms with Crippen LogP contribution in [0.1, 0.15) is 46.5 Å². The standard InChI is InChI=1S/C13H26N2/c1-4-14-10-11-6-7-12(11)15-9-5-8-13(15,2)3/h11-12,14H,4-10H2,1-3H3. The number of hydrogen-bond donors (Lipinski definition) is 1. The van der Waals surface area contributed by atoms with E-state index in [9.17, 15) is 0 Å². The third kappa shape index (κ3) is 2.21. The maximum absolute atomic E-state index is 3.50. The summed E-state index contributed by atoms with van der Waals surface area (Å²) in [4.78, 5) is 2.78. The zero-order valence-corrected chi connectivity index (χ0v) is 10.6. The Morgan fingerprint density at radius 1 is 1.33 bits per heavy atom. The van der Waals surface area contributed by atoms with Gasteiger partial charge in [-0.25, -0.2) is 0 Å². The second kappa shape index (κ2) is 4.42. The Hall–Kier alpha value is -0.0800. The van der Waals surface area contributed by atoms with Crippen LogP contribution in [0.3, 0.4) is 0 Å². The monoisotopic (exact) mass is 210 g/mol. The van der Waals surface area contributed by atoms with E-state index in [1.165, 1.54) is 38.8 Å². The highest BCUT2D eigenvalue weighted by Crippen LogP contribution is 2.40. The van der Waals surface area contributed by atoms with Gasteiger partial charge in [0.25, 0.3) is 0 Å². The van der Waals surface area contributed by atoms with Gasteiger partial charge in [-0.3, -0.25) is 4.90 Å². The molecule has 0 aromatic heterocycles. The zero-order chi connectivity index (χ0) is 10.9. The van der Waals surface area contributed by atoms with E-state index in [0.29, 0.717) is 5.54 Å². The molecule has 1 heterocycles. The predicted octanol–water partition coefficient (Wildman–Crippen LogP) is 2.25. The molecule has 1 saturated heterocycles. The van der Waals surface area contributed by atoms with Gasteiger partial charge in [0, 0.05) is 11.6 Å². The summed E-state index contributed by atoms with van der Waals surface area (Å²) in [6.45, 7) is 10.7. The molecule has 0 aromatic carbocycles. The van der Waals surface area contributed by atoms with Crippen molar-refractivity contribution < 1.29 is 0 Å². The van der Waals surface area contributed by atoms with Gasteiger partial charge in [-0.15, -0.1) is 0 Å². The van der Waals surface area contributed by atoms with E-state index in [1.54, 1.807) is 0 Å². The van der Waals surface area contributed by atoms with Crippen molar-refractivity contribution in [2.75, 3.05) is 19.6 Å². The van der Waals surface area contributed by atoms with Crippen LogP contribution in [-0.2, 0) is 0 Å². The Morgan fingerprint density at radius 2 is 2.13 bits per heavy atom. The molecule has 88 valence electrons. The molecule has 1 N–H and O–H groups in total. The molecular formula is C13H26N2. The molecular weight excluding hydrogens is 184 g/mol. The van der Waals surface area contributed by atoms with Gasteiger partial charge in [-0.1, -0.05) is 6.92 Å². The van der Waals surface area contributed by atoms with Crippen molar-refractivity contribution in [3.8, 4) is 0 Å². The lowest BCUT2D eigenvalue weighted by atomic mass is 9.77. The molecule has 1 aliphatic heterocycles. The largest absolute Gasteiger partial charge is 0.317 e. The van der Waals surface area contributed by atoms with E-state index in [0.717, 1.165) is 18.5 Å². The van der Waals surface area contributed by atoms with Gasteiger partial charge in [0.05, 0.1) is 0 Å². The molecule has 0 bridgehead atoms. The van der Waals surface area contributed by atoms with Crippen molar-refractivity contribution in [3.05, 3.63) is 0 Å². The third-order valence-electron chi connectivity index (χ3n) is 4.40. The molecule has 0 spiro atoms. The van der Waals surface area contributed by atoms with Crippen molar-refractivity contribution in [1.82, 2.24) is 10.2 Å². The van der Waals surface area contributed by atoms with Gasteiger partial charge < -0.3 is 5.32 Å². The molecule has 2 atom stereocenters. The lowest BCUT2D eigenvalue weighted by Gasteiger charge is -2.48. The van der Waals surface area contributed by atoms with E-state index < -0.39 is 0 Å². The first-order chi connectivity index (χ1) is 7.15. The maximum Gasteiger partial charge on any atom is 0.0156 e. The molecule has 0 aromatic rings. The van der Waals surface area contributed by atoms with Gasteiger partial charge in [0.15, 0.2) is 0 Å². The zero-order valence-electron chi connectivity index (χ0n) is 10.6. The molecule has 1 saturated carbocycles. The quantitative estimate of drug-likeness (QED) is 0.765. The van der Waals surface area contributed by atoms with Crippen molar-refractivity contribution in [3.63, 3.8) is 0 Å². The number of rotatable bonds is 4. The highest BCUT2D eigenvalue weighted by molar-refractivity contribution is 4.99. The first-order valence-electron chi connectivity index (χ1n) is 6.62. The van der Waals surface area contributed by atoms with Crippen LogP contribution in [0.4, 0.5) is 0 Å². The minimum absolute atomic E-state index is 0.468. The van der Waals surface area contributed by atoms with Gasteiger partial charge >= 0.3 is 0 Å². The lowest BCUT2D eigenvalue weighted by molar-refractivity contribution is 0.0179. The van der Waals surface area contributed by atoms with E-state index in [4.69, 9.17) is 0 Å². The SMILES string of the molecule is CCNCC1CCC1N1CCCC1(C)C. The Bertz CT molecular complexity index is 213. The van der Waals surface area contributed by atoms with Gasteiger partial charge in [0.2, 0.25) is 0 Å². The second-order valence-electron chi connectivity index (χ2n) is 5.82. The van der Waals surface area contributed by atoms with Crippen molar-refractivity contribution in [2.45, 2.75) is 58.0 Å². The Morgan fingerprint density at radius 3 is 2.60 bits per heavy atom. The van der Waals surface area contributed by atoms with Crippen molar-refractivity contribution >= 4 is 0 Å². The lowest BCUT2D eigenvalue weighted by Crippen LogP contribution is -2.55. The van der Waals surface area contributed by atoms with E-state index in [-0.39, 0.29) is 0 Å². The van der Waals surface area contributed by atoms with Gasteiger partial charge in [-0.2, -0.15) is 0 Å². The van der Waals surface area contributed by atoms with E-state index >= 15 is 0 Å². The summed E-state index contributed by atoms with van der Waals surface area (Å²) in [7, 11) is 0. The summed E-state index contributed by atoms with van der Waals surface area (Å²) in [5, 5.41) is 3.50. The van der Waals surface area contributed by atoms with Gasteiger partial charge in [0.1, 0.15) is 0 Å². The number of hydrogen-bond acceptors (Lipinski definition) is 2. The average Bonchev–Trinajstić information content (AvgIpc) is 2.46. The topological polar surface area (TPSA) is 15.3 Å². The van der Waals surface area contributed by atoms with E-state index in [2.05, 4.69) is 31.0 Å². The van der Waals surface area contributed by atoms with Crippen LogP contribution in [0, 0.1) is 5.92 Å². The van der Waals surface area contributed by atoms with Crippen LogP contribution in [-0.4, -0.2) is 36.1 Å². The summed E-state index contributed by atoms with van der Waals surface area (Å²) in [6.07, 6.45) is 5.65. The first-order valence-corrected chi connectivity index (χ1v) is 6.62. The number of nitrogens with zero attached hydrogens (tertiary/aromatic N) is 1. The fraction of sp³-hybridized carbons (Fsp3) is 1.00. The number of likely N-dealkylation sites (tertiary alicyclic amines) is 1.